The van der Waals surface area contributed by atoms with E-state index in [0.717, 1.165) is 43.8 Å². The number of likely N-dealkylation sites (N-methyl/N-ethyl adjacent to an activating group) is 1. The van der Waals surface area contributed by atoms with Gasteiger partial charge < -0.3 is 4.90 Å². The standard InChI is InChI=1S/C24H25N3OS.ClH/c1-17-8-6-13-21-23(17)25-24(29-21)27(15-14-26(2)3)22(28)16-19-11-7-10-18-9-4-5-12-20(18)19;/h4-13H,14-16H2,1-3H3;1H. The average Bonchev–Trinajstić information content (AvgIpc) is 3.13. The van der Waals surface area contributed by atoms with Crippen LogP contribution in [0.3, 0.4) is 0 Å². The maximum Gasteiger partial charge on any atom is 0.233 e. The van der Waals surface area contributed by atoms with E-state index in [0.29, 0.717) is 13.0 Å². The summed E-state index contributed by atoms with van der Waals surface area (Å²) in [6.45, 7) is 3.47. The Balaban J connectivity index is 0.00000256. The lowest BCUT2D eigenvalue weighted by Crippen LogP contribution is -2.37. The van der Waals surface area contributed by atoms with Crippen molar-refractivity contribution in [3.05, 3.63) is 71.8 Å². The number of hydrogen-bond acceptors (Lipinski definition) is 4. The lowest BCUT2D eigenvalue weighted by Gasteiger charge is -2.22. The van der Waals surface area contributed by atoms with Gasteiger partial charge in [-0.3, -0.25) is 9.69 Å². The molecule has 0 aliphatic rings. The molecule has 0 aliphatic heterocycles. The van der Waals surface area contributed by atoms with Crippen LogP contribution in [0.4, 0.5) is 5.13 Å². The fourth-order valence-electron chi connectivity index (χ4n) is 3.52. The number of aryl methyl sites for hydroxylation is 1. The maximum absolute atomic E-state index is 13.4. The number of anilines is 1. The molecule has 0 spiro atoms. The first-order valence-corrected chi connectivity index (χ1v) is 10.6. The second-order valence-corrected chi connectivity index (χ2v) is 8.59. The van der Waals surface area contributed by atoms with Crippen molar-refractivity contribution in [3.8, 4) is 0 Å². The Bertz CT molecular complexity index is 1170. The van der Waals surface area contributed by atoms with E-state index < -0.39 is 0 Å². The second-order valence-electron chi connectivity index (χ2n) is 7.58. The molecule has 0 saturated heterocycles. The smallest absolute Gasteiger partial charge is 0.233 e. The van der Waals surface area contributed by atoms with E-state index in [4.69, 9.17) is 4.98 Å². The van der Waals surface area contributed by atoms with E-state index >= 15 is 0 Å². The molecule has 0 fully saturated rings. The van der Waals surface area contributed by atoms with E-state index in [9.17, 15) is 4.79 Å². The summed E-state index contributed by atoms with van der Waals surface area (Å²) in [4.78, 5) is 22.2. The van der Waals surface area contributed by atoms with Gasteiger partial charge in [0.05, 0.1) is 16.6 Å². The SMILES string of the molecule is Cc1cccc2sc(N(CCN(C)C)C(=O)Cc3cccc4ccccc34)nc12.Cl. The van der Waals surface area contributed by atoms with Crippen LogP contribution in [-0.4, -0.2) is 43.0 Å². The quantitative estimate of drug-likeness (QED) is 0.408. The molecule has 0 unspecified atom stereocenters. The van der Waals surface area contributed by atoms with Crippen LogP contribution >= 0.6 is 23.7 Å². The molecule has 0 N–H and O–H groups in total. The van der Waals surface area contributed by atoms with Crippen molar-refractivity contribution >= 4 is 55.8 Å². The Morgan fingerprint density at radius 1 is 0.967 bits per heavy atom. The van der Waals surface area contributed by atoms with E-state index in [1.165, 1.54) is 0 Å². The number of aromatic nitrogens is 1. The van der Waals surface area contributed by atoms with Gasteiger partial charge in [-0.15, -0.1) is 12.4 Å². The molecule has 3 aromatic carbocycles. The van der Waals surface area contributed by atoms with Crippen LogP contribution in [-0.2, 0) is 11.2 Å². The summed E-state index contributed by atoms with van der Waals surface area (Å²) in [6, 6.07) is 20.6. The number of thiazole rings is 1. The minimum absolute atomic E-state index is 0. The minimum atomic E-state index is 0. The van der Waals surface area contributed by atoms with Gasteiger partial charge in [-0.05, 0) is 49.0 Å². The molecule has 1 aromatic heterocycles. The Kier molecular flexibility index (Phi) is 7.08. The van der Waals surface area contributed by atoms with Crippen molar-refractivity contribution in [2.45, 2.75) is 13.3 Å². The highest BCUT2D eigenvalue weighted by atomic mass is 35.5. The summed E-state index contributed by atoms with van der Waals surface area (Å²) in [5, 5.41) is 3.07. The average molecular weight is 440 g/mol. The molecule has 1 heterocycles. The molecule has 0 aliphatic carbocycles. The third-order valence-electron chi connectivity index (χ3n) is 5.13. The van der Waals surface area contributed by atoms with Crippen molar-refractivity contribution in [2.24, 2.45) is 0 Å². The number of amides is 1. The summed E-state index contributed by atoms with van der Waals surface area (Å²) in [7, 11) is 4.05. The summed E-state index contributed by atoms with van der Waals surface area (Å²) < 4.78 is 1.12. The number of nitrogens with zero attached hydrogens (tertiary/aromatic N) is 3. The highest BCUT2D eigenvalue weighted by molar-refractivity contribution is 7.22. The van der Waals surface area contributed by atoms with Crippen LogP contribution in [0.1, 0.15) is 11.1 Å². The highest BCUT2D eigenvalue weighted by Gasteiger charge is 2.21. The fourth-order valence-corrected chi connectivity index (χ4v) is 4.61. The number of para-hydroxylation sites is 1. The van der Waals surface area contributed by atoms with Gasteiger partial charge in [0.25, 0.3) is 0 Å². The number of rotatable bonds is 6. The van der Waals surface area contributed by atoms with Gasteiger partial charge >= 0.3 is 0 Å². The lowest BCUT2D eigenvalue weighted by atomic mass is 10.0. The molecule has 0 bridgehead atoms. The third-order valence-corrected chi connectivity index (χ3v) is 6.18. The van der Waals surface area contributed by atoms with Gasteiger partial charge in [0.2, 0.25) is 5.91 Å². The fraction of sp³-hybridized carbons (Fsp3) is 0.250. The van der Waals surface area contributed by atoms with Crippen LogP contribution in [0.15, 0.2) is 60.7 Å². The molecule has 0 atom stereocenters. The number of benzene rings is 3. The Morgan fingerprint density at radius 3 is 2.47 bits per heavy atom. The maximum atomic E-state index is 13.4. The summed E-state index contributed by atoms with van der Waals surface area (Å²) >= 11 is 1.59. The van der Waals surface area contributed by atoms with Gasteiger partial charge in [-0.25, -0.2) is 4.98 Å². The van der Waals surface area contributed by atoms with Gasteiger partial charge in [0.15, 0.2) is 5.13 Å². The zero-order valence-electron chi connectivity index (χ0n) is 17.5. The van der Waals surface area contributed by atoms with Crippen LogP contribution in [0.25, 0.3) is 21.0 Å². The van der Waals surface area contributed by atoms with Crippen molar-refractivity contribution in [1.82, 2.24) is 9.88 Å². The molecule has 0 radical (unpaired) electrons. The zero-order chi connectivity index (χ0) is 20.4. The van der Waals surface area contributed by atoms with Gasteiger partial charge in [-0.2, -0.15) is 0 Å². The van der Waals surface area contributed by atoms with Crippen LogP contribution in [0.5, 0.6) is 0 Å². The summed E-state index contributed by atoms with van der Waals surface area (Å²) in [6.07, 6.45) is 0.365. The largest absolute Gasteiger partial charge is 0.308 e. The molecule has 6 heteroatoms. The zero-order valence-corrected chi connectivity index (χ0v) is 19.1. The molecule has 30 heavy (non-hydrogen) atoms. The molecular formula is C24H26ClN3OS. The molecule has 4 nitrogen and oxygen atoms in total. The monoisotopic (exact) mass is 439 g/mol. The van der Waals surface area contributed by atoms with Crippen molar-refractivity contribution in [2.75, 3.05) is 32.1 Å². The Labute approximate surface area is 187 Å². The first kappa shape index (κ1) is 22.2. The molecule has 4 rings (SSSR count). The number of hydrogen-bond donors (Lipinski definition) is 0. The third kappa shape index (κ3) is 4.64. The first-order chi connectivity index (χ1) is 14.0. The first-order valence-electron chi connectivity index (χ1n) is 9.81. The van der Waals surface area contributed by atoms with Gasteiger partial charge in [0.1, 0.15) is 0 Å². The van der Waals surface area contributed by atoms with E-state index in [-0.39, 0.29) is 18.3 Å². The Morgan fingerprint density at radius 2 is 1.70 bits per heavy atom. The highest BCUT2D eigenvalue weighted by Crippen LogP contribution is 2.31. The molecule has 0 saturated carbocycles. The number of fused-ring (bicyclic) bond motifs is 2. The molecule has 1 amide bonds. The van der Waals surface area contributed by atoms with Crippen molar-refractivity contribution in [3.63, 3.8) is 0 Å². The van der Waals surface area contributed by atoms with Crippen LogP contribution in [0.2, 0.25) is 0 Å². The number of carbonyl (C=O) groups is 1. The molecule has 156 valence electrons. The number of carbonyl (C=O) groups excluding carboxylic acids is 1. The van der Waals surface area contributed by atoms with Crippen LogP contribution in [0, 0.1) is 6.92 Å². The summed E-state index contributed by atoms with van der Waals surface area (Å²) in [5.41, 5.74) is 3.18. The van der Waals surface area contributed by atoms with E-state index in [1.54, 1.807) is 11.3 Å². The predicted octanol–water partition coefficient (Wildman–Crippen LogP) is 5.32. The predicted molar refractivity (Wildman–Crippen MR) is 130 cm³/mol. The normalized spacial score (nSPS) is 11.1. The van der Waals surface area contributed by atoms with Crippen molar-refractivity contribution < 1.29 is 4.79 Å². The van der Waals surface area contributed by atoms with Gasteiger partial charge in [-0.1, -0.05) is 65.9 Å². The van der Waals surface area contributed by atoms with Gasteiger partial charge in [0, 0.05) is 13.1 Å². The molecular weight excluding hydrogens is 414 g/mol. The summed E-state index contributed by atoms with van der Waals surface area (Å²) in [5.74, 6) is 0.0833. The topological polar surface area (TPSA) is 36.4 Å². The lowest BCUT2D eigenvalue weighted by molar-refractivity contribution is -0.118. The van der Waals surface area contributed by atoms with E-state index in [1.807, 2.05) is 49.3 Å². The Hall–Kier alpha value is -2.47. The minimum Gasteiger partial charge on any atom is -0.308 e. The van der Waals surface area contributed by atoms with Crippen molar-refractivity contribution in [1.29, 1.82) is 0 Å². The second kappa shape index (κ2) is 9.56. The molecule has 4 aromatic rings. The van der Waals surface area contributed by atoms with E-state index in [2.05, 4.69) is 42.2 Å². The van der Waals surface area contributed by atoms with Crippen LogP contribution < -0.4 is 4.90 Å². The number of halogens is 1.